The molecule has 0 aliphatic carbocycles. The first-order chi connectivity index (χ1) is 14.2. The number of likely N-dealkylation sites (N-methyl/N-ethyl adjacent to an activating group) is 1. The molecule has 2 aromatic rings. The average Bonchev–Trinajstić information content (AvgIpc) is 2.73. The second-order valence-electron chi connectivity index (χ2n) is 6.94. The summed E-state index contributed by atoms with van der Waals surface area (Å²) in [6, 6.07) is 14.1. The number of carbonyl (C=O) groups excluding carboxylic acids is 2. The lowest BCUT2D eigenvalue weighted by Crippen LogP contribution is -2.38. The lowest BCUT2D eigenvalue weighted by atomic mass is 9.84. The van der Waals surface area contributed by atoms with E-state index in [4.69, 9.17) is 9.47 Å². The fourth-order valence-electron chi connectivity index (χ4n) is 3.32. The van der Waals surface area contributed by atoms with Gasteiger partial charge in [0, 0.05) is 19.0 Å². The standard InChI is InChI=1S/C22H24F3NO4/c1-26(13-15-8-5-4-6-9-15)14-18(19(20(27)29-2)21(28)30-3)16-10-7-11-17(12-16)22(23,24)25/h4-12,18-19H,13-14H2,1-3H3. The maximum atomic E-state index is 13.2. The summed E-state index contributed by atoms with van der Waals surface area (Å²) >= 11 is 0. The molecule has 0 aromatic heterocycles. The van der Waals surface area contributed by atoms with Crippen LogP contribution in [0.15, 0.2) is 54.6 Å². The Morgan fingerprint density at radius 1 is 0.967 bits per heavy atom. The van der Waals surface area contributed by atoms with E-state index >= 15 is 0 Å². The van der Waals surface area contributed by atoms with E-state index in [0.717, 1.165) is 31.9 Å². The molecule has 0 spiro atoms. The Balaban J connectivity index is 2.43. The Morgan fingerprint density at radius 3 is 2.10 bits per heavy atom. The molecule has 30 heavy (non-hydrogen) atoms. The van der Waals surface area contributed by atoms with Crippen LogP contribution in [-0.2, 0) is 31.8 Å². The second kappa shape index (κ2) is 10.2. The number of halogens is 3. The van der Waals surface area contributed by atoms with Crippen molar-refractivity contribution in [2.75, 3.05) is 27.8 Å². The van der Waals surface area contributed by atoms with Crippen LogP contribution in [0, 0.1) is 5.92 Å². The molecule has 2 aromatic carbocycles. The van der Waals surface area contributed by atoms with Crippen LogP contribution >= 0.6 is 0 Å². The minimum atomic E-state index is -4.55. The van der Waals surface area contributed by atoms with Crippen LogP contribution in [0.25, 0.3) is 0 Å². The number of hydrogen-bond donors (Lipinski definition) is 0. The quantitative estimate of drug-likeness (QED) is 0.476. The van der Waals surface area contributed by atoms with Crippen molar-refractivity contribution in [1.29, 1.82) is 0 Å². The van der Waals surface area contributed by atoms with Crippen molar-refractivity contribution < 1.29 is 32.2 Å². The summed E-state index contributed by atoms with van der Waals surface area (Å²) in [6.07, 6.45) is -4.55. The summed E-state index contributed by atoms with van der Waals surface area (Å²) in [6.45, 7) is 0.608. The van der Waals surface area contributed by atoms with Gasteiger partial charge in [0.1, 0.15) is 0 Å². The summed E-state index contributed by atoms with van der Waals surface area (Å²) in [5.41, 5.74) is 0.324. The molecular formula is C22H24F3NO4. The van der Waals surface area contributed by atoms with Crippen molar-refractivity contribution in [2.45, 2.75) is 18.6 Å². The van der Waals surface area contributed by atoms with Gasteiger partial charge in [-0.2, -0.15) is 13.2 Å². The summed E-state index contributed by atoms with van der Waals surface area (Å²) in [5.74, 6) is -4.03. The number of benzene rings is 2. The van der Waals surface area contributed by atoms with Crippen molar-refractivity contribution >= 4 is 11.9 Å². The van der Waals surface area contributed by atoms with E-state index in [2.05, 4.69) is 0 Å². The van der Waals surface area contributed by atoms with Gasteiger partial charge in [-0.1, -0.05) is 48.5 Å². The van der Waals surface area contributed by atoms with Crippen LogP contribution in [0.2, 0.25) is 0 Å². The van der Waals surface area contributed by atoms with Gasteiger partial charge in [-0.3, -0.25) is 9.59 Å². The van der Waals surface area contributed by atoms with Crippen LogP contribution < -0.4 is 0 Å². The maximum Gasteiger partial charge on any atom is 0.416 e. The first kappa shape index (κ1) is 23.4. The molecule has 5 nitrogen and oxygen atoms in total. The van der Waals surface area contributed by atoms with Gasteiger partial charge in [-0.25, -0.2) is 0 Å². The molecule has 0 aliphatic heterocycles. The van der Waals surface area contributed by atoms with Crippen molar-refractivity contribution in [1.82, 2.24) is 4.90 Å². The van der Waals surface area contributed by atoms with E-state index in [9.17, 15) is 22.8 Å². The van der Waals surface area contributed by atoms with E-state index in [-0.39, 0.29) is 12.1 Å². The van der Waals surface area contributed by atoms with Gasteiger partial charge < -0.3 is 14.4 Å². The SMILES string of the molecule is COC(=O)C(C(=O)OC)C(CN(C)Cc1ccccc1)c1cccc(C(F)(F)F)c1. The molecule has 8 heteroatoms. The molecule has 1 unspecified atom stereocenters. The lowest BCUT2D eigenvalue weighted by Gasteiger charge is -2.29. The number of methoxy groups -OCH3 is 2. The summed E-state index contributed by atoms with van der Waals surface area (Å²) in [4.78, 5) is 26.6. The first-order valence-electron chi connectivity index (χ1n) is 9.22. The third kappa shape index (κ3) is 6.06. The molecule has 0 heterocycles. The molecular weight excluding hydrogens is 399 g/mol. The number of alkyl halides is 3. The van der Waals surface area contributed by atoms with Crippen molar-refractivity contribution in [3.8, 4) is 0 Å². The van der Waals surface area contributed by atoms with E-state index in [1.165, 1.54) is 12.1 Å². The second-order valence-corrected chi connectivity index (χ2v) is 6.94. The molecule has 2 rings (SSSR count). The van der Waals surface area contributed by atoms with Crippen molar-refractivity contribution in [2.24, 2.45) is 5.92 Å². The molecule has 0 saturated carbocycles. The highest BCUT2D eigenvalue weighted by atomic mass is 19.4. The molecule has 0 saturated heterocycles. The van der Waals surface area contributed by atoms with E-state index in [1.54, 1.807) is 7.05 Å². The summed E-state index contributed by atoms with van der Waals surface area (Å²) in [5, 5.41) is 0. The van der Waals surface area contributed by atoms with E-state index in [1.807, 2.05) is 35.2 Å². The van der Waals surface area contributed by atoms with Crippen molar-refractivity contribution in [3.63, 3.8) is 0 Å². The highest BCUT2D eigenvalue weighted by molar-refractivity contribution is 5.96. The zero-order valence-corrected chi connectivity index (χ0v) is 17.0. The number of esters is 2. The van der Waals surface area contributed by atoms with Gasteiger partial charge in [0.15, 0.2) is 5.92 Å². The van der Waals surface area contributed by atoms with Gasteiger partial charge in [-0.05, 0) is 24.2 Å². The van der Waals surface area contributed by atoms with Gasteiger partial charge in [0.05, 0.1) is 19.8 Å². The van der Waals surface area contributed by atoms with Crippen LogP contribution in [0.3, 0.4) is 0 Å². The minimum absolute atomic E-state index is 0.130. The van der Waals surface area contributed by atoms with Crippen LogP contribution in [0.5, 0.6) is 0 Å². The molecule has 0 amide bonds. The maximum absolute atomic E-state index is 13.2. The fourth-order valence-corrected chi connectivity index (χ4v) is 3.32. The minimum Gasteiger partial charge on any atom is -0.468 e. The highest BCUT2D eigenvalue weighted by Crippen LogP contribution is 2.34. The van der Waals surface area contributed by atoms with E-state index < -0.39 is 35.5 Å². The topological polar surface area (TPSA) is 55.8 Å². The number of ether oxygens (including phenoxy) is 2. The van der Waals surface area contributed by atoms with Gasteiger partial charge in [-0.15, -0.1) is 0 Å². The lowest BCUT2D eigenvalue weighted by molar-refractivity contribution is -0.160. The first-order valence-corrected chi connectivity index (χ1v) is 9.22. The van der Waals surface area contributed by atoms with Gasteiger partial charge in [0.2, 0.25) is 0 Å². The summed E-state index contributed by atoms with van der Waals surface area (Å²) in [7, 11) is 4.00. The average molecular weight is 423 g/mol. The van der Waals surface area contributed by atoms with Crippen LogP contribution in [0.1, 0.15) is 22.6 Å². The highest BCUT2D eigenvalue weighted by Gasteiger charge is 2.39. The molecule has 0 aliphatic rings. The van der Waals surface area contributed by atoms with Gasteiger partial charge in [0.25, 0.3) is 0 Å². The number of hydrogen-bond acceptors (Lipinski definition) is 5. The number of carbonyl (C=O) groups is 2. The number of rotatable bonds is 8. The predicted molar refractivity (Wildman–Crippen MR) is 104 cm³/mol. The molecule has 162 valence electrons. The number of nitrogens with zero attached hydrogens (tertiary/aromatic N) is 1. The Hall–Kier alpha value is -2.87. The van der Waals surface area contributed by atoms with Crippen LogP contribution in [-0.4, -0.2) is 44.7 Å². The molecule has 1 atom stereocenters. The Bertz CT molecular complexity index is 839. The third-order valence-corrected chi connectivity index (χ3v) is 4.76. The largest absolute Gasteiger partial charge is 0.468 e. The van der Waals surface area contributed by atoms with E-state index in [0.29, 0.717) is 6.54 Å². The molecule has 0 bridgehead atoms. The zero-order chi connectivity index (χ0) is 22.3. The fraction of sp³-hybridized carbons (Fsp3) is 0.364. The zero-order valence-electron chi connectivity index (χ0n) is 17.0. The molecule has 0 fully saturated rings. The van der Waals surface area contributed by atoms with Crippen molar-refractivity contribution in [3.05, 3.63) is 71.3 Å². The normalized spacial score (nSPS) is 12.7. The van der Waals surface area contributed by atoms with Gasteiger partial charge >= 0.3 is 18.1 Å². The smallest absolute Gasteiger partial charge is 0.416 e. The Labute approximate surface area is 173 Å². The van der Waals surface area contributed by atoms with Crippen LogP contribution in [0.4, 0.5) is 13.2 Å². The molecule has 0 radical (unpaired) electrons. The Morgan fingerprint density at radius 2 is 1.57 bits per heavy atom. The monoisotopic (exact) mass is 423 g/mol. The third-order valence-electron chi connectivity index (χ3n) is 4.76. The molecule has 0 N–H and O–H groups in total. The predicted octanol–water partition coefficient (Wildman–Crippen LogP) is 3.88. The summed E-state index contributed by atoms with van der Waals surface area (Å²) < 4.78 is 49.2. The Kier molecular flexibility index (Phi) is 8.00.